The number of nitrogens with one attached hydrogen (secondary N) is 1. The number of ether oxygens (including phenoxy) is 1. The number of rotatable bonds is 5. The molecular formula is C17H20N2O3. The summed E-state index contributed by atoms with van der Waals surface area (Å²) in [5.41, 5.74) is 2.52. The first-order chi connectivity index (χ1) is 10.6. The predicted molar refractivity (Wildman–Crippen MR) is 84.8 cm³/mol. The maximum absolute atomic E-state index is 12.3. The highest BCUT2D eigenvalue weighted by Crippen LogP contribution is 2.28. The van der Waals surface area contributed by atoms with Gasteiger partial charge in [-0.05, 0) is 24.5 Å². The second kappa shape index (κ2) is 7.02. The molecule has 2 unspecified atom stereocenters. The Bertz CT molecular complexity index is 605. The Morgan fingerprint density at radius 3 is 2.68 bits per heavy atom. The third-order valence-corrected chi connectivity index (χ3v) is 3.68. The van der Waals surface area contributed by atoms with Gasteiger partial charge in [0.25, 0.3) is 0 Å². The van der Waals surface area contributed by atoms with Crippen LogP contribution in [0.1, 0.15) is 31.0 Å². The largest absolute Gasteiger partial charge is 0.461 e. The van der Waals surface area contributed by atoms with Gasteiger partial charge in [0.15, 0.2) is 0 Å². The molecule has 22 heavy (non-hydrogen) atoms. The molecule has 2 atom stereocenters. The number of nitrogens with zero attached hydrogens (tertiary/aromatic N) is 1. The van der Waals surface area contributed by atoms with E-state index in [2.05, 4.69) is 23.8 Å². The first-order valence-corrected chi connectivity index (χ1v) is 7.28. The molecule has 0 saturated carbocycles. The highest BCUT2D eigenvalue weighted by molar-refractivity contribution is 6.08. The number of hydrogen-bond donors (Lipinski definition) is 1. The van der Waals surface area contributed by atoms with Crippen LogP contribution in [0.5, 0.6) is 0 Å². The first kappa shape index (κ1) is 15.9. The van der Waals surface area contributed by atoms with Gasteiger partial charge in [-0.25, -0.2) is 9.79 Å². The number of urea groups is 1. The van der Waals surface area contributed by atoms with E-state index in [-0.39, 0.29) is 6.61 Å². The highest BCUT2D eigenvalue weighted by atomic mass is 16.5. The number of hydrogen-bond acceptors (Lipinski definition) is 3. The highest BCUT2D eigenvalue weighted by Gasteiger charge is 2.37. The zero-order chi connectivity index (χ0) is 16.1. The number of carbonyl (C=O) groups excluding carboxylic acids is 2. The lowest BCUT2D eigenvalue weighted by Crippen LogP contribution is -2.44. The molecule has 0 aliphatic carbocycles. The number of amides is 2. The third kappa shape index (κ3) is 3.42. The molecule has 0 saturated heterocycles. The maximum atomic E-state index is 12.3. The molecule has 0 bridgehead atoms. The van der Waals surface area contributed by atoms with Crippen molar-refractivity contribution in [3.63, 3.8) is 0 Å². The van der Waals surface area contributed by atoms with E-state index in [4.69, 9.17) is 4.74 Å². The summed E-state index contributed by atoms with van der Waals surface area (Å²) in [7, 11) is 0. The fourth-order valence-electron chi connectivity index (χ4n) is 2.49. The van der Waals surface area contributed by atoms with Gasteiger partial charge in [0.05, 0.1) is 6.04 Å². The lowest BCUT2D eigenvalue weighted by Gasteiger charge is -2.29. The summed E-state index contributed by atoms with van der Waals surface area (Å²) in [5, 5.41) is 2.75. The normalized spacial score (nSPS) is 20.8. The van der Waals surface area contributed by atoms with Gasteiger partial charge in [-0.2, -0.15) is 0 Å². The van der Waals surface area contributed by atoms with E-state index in [9.17, 15) is 9.59 Å². The number of aryl methyl sites for hydroxylation is 1. The molecule has 0 fully saturated rings. The SMILES string of the molecule is C=CCOC(=O)C1C(C)=NC(=O)NC1c1ccc(CC)cc1. The molecule has 1 aromatic rings. The molecule has 5 heteroatoms. The van der Waals surface area contributed by atoms with Crippen molar-refractivity contribution in [2.45, 2.75) is 26.3 Å². The molecule has 2 amide bonds. The van der Waals surface area contributed by atoms with Crippen molar-refractivity contribution in [3.8, 4) is 0 Å². The van der Waals surface area contributed by atoms with Crippen LogP contribution in [-0.4, -0.2) is 24.3 Å². The fourth-order valence-corrected chi connectivity index (χ4v) is 2.49. The van der Waals surface area contributed by atoms with Gasteiger partial charge in [-0.3, -0.25) is 4.79 Å². The van der Waals surface area contributed by atoms with Crippen molar-refractivity contribution in [1.82, 2.24) is 5.32 Å². The summed E-state index contributed by atoms with van der Waals surface area (Å²) in [6.45, 7) is 7.41. The summed E-state index contributed by atoms with van der Waals surface area (Å²) >= 11 is 0. The number of carbonyl (C=O) groups is 2. The molecule has 1 heterocycles. The fraction of sp³-hybridized carbons (Fsp3) is 0.353. The third-order valence-electron chi connectivity index (χ3n) is 3.68. The summed E-state index contributed by atoms with van der Waals surface area (Å²) in [6.07, 6.45) is 2.44. The number of esters is 1. The van der Waals surface area contributed by atoms with E-state index in [0.717, 1.165) is 12.0 Å². The maximum Gasteiger partial charge on any atom is 0.341 e. The molecule has 2 rings (SSSR count). The topological polar surface area (TPSA) is 67.8 Å². The monoisotopic (exact) mass is 300 g/mol. The molecule has 1 aliphatic rings. The average Bonchev–Trinajstić information content (AvgIpc) is 2.52. The van der Waals surface area contributed by atoms with Crippen LogP contribution in [0, 0.1) is 5.92 Å². The van der Waals surface area contributed by atoms with Crippen molar-refractivity contribution in [2.75, 3.05) is 6.61 Å². The van der Waals surface area contributed by atoms with Crippen LogP contribution in [0.2, 0.25) is 0 Å². The second-order valence-corrected chi connectivity index (χ2v) is 5.17. The number of benzene rings is 1. The minimum absolute atomic E-state index is 0.137. The van der Waals surface area contributed by atoms with Crippen LogP contribution in [0.15, 0.2) is 41.9 Å². The smallest absolute Gasteiger partial charge is 0.341 e. The molecular weight excluding hydrogens is 280 g/mol. The van der Waals surface area contributed by atoms with Crippen LogP contribution in [-0.2, 0) is 16.0 Å². The zero-order valence-corrected chi connectivity index (χ0v) is 12.8. The minimum atomic E-state index is -0.620. The van der Waals surface area contributed by atoms with Gasteiger partial charge >= 0.3 is 12.0 Å². The van der Waals surface area contributed by atoms with Gasteiger partial charge in [0.2, 0.25) is 0 Å². The number of aliphatic imine (C=N–C) groups is 1. The van der Waals surface area contributed by atoms with Crippen LogP contribution in [0.3, 0.4) is 0 Å². The average molecular weight is 300 g/mol. The van der Waals surface area contributed by atoms with E-state index >= 15 is 0 Å². The molecule has 1 aliphatic heterocycles. The standard InChI is InChI=1S/C17H20N2O3/c1-4-10-22-16(20)14-11(3)18-17(21)19-15(14)13-8-6-12(5-2)7-9-13/h4,6-9,14-15H,1,5,10H2,2-3H3,(H,19,21). The van der Waals surface area contributed by atoms with Gasteiger partial charge in [-0.15, -0.1) is 0 Å². The van der Waals surface area contributed by atoms with E-state index in [1.807, 2.05) is 24.3 Å². The first-order valence-electron chi connectivity index (χ1n) is 7.28. The summed E-state index contributed by atoms with van der Waals surface area (Å²) in [6, 6.07) is 6.94. The summed E-state index contributed by atoms with van der Waals surface area (Å²) in [5.74, 6) is -1.03. The van der Waals surface area contributed by atoms with Crippen molar-refractivity contribution >= 4 is 17.7 Å². The van der Waals surface area contributed by atoms with Crippen molar-refractivity contribution in [3.05, 3.63) is 48.0 Å². The minimum Gasteiger partial charge on any atom is -0.461 e. The van der Waals surface area contributed by atoms with E-state index < -0.39 is 24.0 Å². The van der Waals surface area contributed by atoms with Crippen molar-refractivity contribution in [2.24, 2.45) is 10.9 Å². The van der Waals surface area contributed by atoms with Gasteiger partial charge < -0.3 is 10.1 Å². The molecule has 0 aromatic heterocycles. The molecule has 1 N–H and O–H groups in total. The quantitative estimate of drug-likeness (QED) is 0.671. The molecule has 116 valence electrons. The zero-order valence-electron chi connectivity index (χ0n) is 12.8. The van der Waals surface area contributed by atoms with E-state index in [0.29, 0.717) is 5.71 Å². The Morgan fingerprint density at radius 1 is 1.41 bits per heavy atom. The van der Waals surface area contributed by atoms with E-state index in [1.165, 1.54) is 11.6 Å². The predicted octanol–water partition coefficient (Wildman–Crippen LogP) is 2.82. The van der Waals surface area contributed by atoms with Gasteiger partial charge in [0.1, 0.15) is 12.5 Å². The Labute approximate surface area is 130 Å². The van der Waals surface area contributed by atoms with Gasteiger partial charge in [0, 0.05) is 5.71 Å². The van der Waals surface area contributed by atoms with Crippen molar-refractivity contribution in [1.29, 1.82) is 0 Å². The van der Waals surface area contributed by atoms with Crippen LogP contribution >= 0.6 is 0 Å². The lowest BCUT2D eigenvalue weighted by atomic mass is 9.88. The van der Waals surface area contributed by atoms with Crippen LogP contribution in [0.4, 0.5) is 4.79 Å². The van der Waals surface area contributed by atoms with Crippen LogP contribution < -0.4 is 5.32 Å². The Balaban J connectivity index is 2.32. The molecule has 5 nitrogen and oxygen atoms in total. The molecule has 0 radical (unpaired) electrons. The Kier molecular flexibility index (Phi) is 5.09. The molecule has 0 spiro atoms. The summed E-state index contributed by atoms with van der Waals surface area (Å²) < 4.78 is 5.14. The second-order valence-electron chi connectivity index (χ2n) is 5.17. The Morgan fingerprint density at radius 2 is 2.09 bits per heavy atom. The summed E-state index contributed by atoms with van der Waals surface area (Å²) in [4.78, 5) is 27.8. The Hall–Kier alpha value is -2.43. The van der Waals surface area contributed by atoms with Crippen LogP contribution in [0.25, 0.3) is 0 Å². The molecule has 1 aromatic carbocycles. The van der Waals surface area contributed by atoms with E-state index in [1.54, 1.807) is 6.92 Å². The van der Waals surface area contributed by atoms with Gasteiger partial charge in [-0.1, -0.05) is 43.8 Å². The van der Waals surface area contributed by atoms with Crippen molar-refractivity contribution < 1.29 is 14.3 Å². The lowest BCUT2D eigenvalue weighted by molar-refractivity contribution is -0.145.